The lowest BCUT2D eigenvalue weighted by molar-refractivity contribution is 0.0926. The molecule has 2 heteroatoms. The molecule has 0 aliphatic carbocycles. The third-order valence-corrected chi connectivity index (χ3v) is 3.96. The maximum atomic E-state index is 5.81. The van der Waals surface area contributed by atoms with Gasteiger partial charge in [-0.05, 0) is 38.3 Å². The first kappa shape index (κ1) is 12.0. The van der Waals surface area contributed by atoms with Crippen LogP contribution in [0.5, 0.6) is 0 Å². The van der Waals surface area contributed by atoms with Crippen molar-refractivity contribution in [1.29, 1.82) is 0 Å². The number of hydrogen-bond acceptors (Lipinski definition) is 2. The molecule has 1 saturated heterocycles. The van der Waals surface area contributed by atoms with Crippen LogP contribution in [0, 0.1) is 5.41 Å². The van der Waals surface area contributed by atoms with Crippen LogP contribution < -0.4 is 5.73 Å². The van der Waals surface area contributed by atoms with Crippen molar-refractivity contribution < 1.29 is 0 Å². The van der Waals surface area contributed by atoms with Crippen LogP contribution >= 0.6 is 0 Å². The minimum absolute atomic E-state index is 0.325. The van der Waals surface area contributed by atoms with Gasteiger partial charge < -0.3 is 10.6 Å². The summed E-state index contributed by atoms with van der Waals surface area (Å²) in [4.78, 5) is 2.52. The second-order valence-electron chi connectivity index (χ2n) is 4.98. The summed E-state index contributed by atoms with van der Waals surface area (Å²) >= 11 is 0. The molecule has 1 aliphatic heterocycles. The Balaban J connectivity index is 2.37. The maximum absolute atomic E-state index is 5.81. The molecular weight excluding hydrogens is 172 g/mol. The molecule has 84 valence electrons. The molecule has 1 aliphatic rings. The highest BCUT2D eigenvalue weighted by Gasteiger charge is 2.30. The molecular formula is C12H26N2. The van der Waals surface area contributed by atoms with E-state index in [9.17, 15) is 0 Å². The van der Waals surface area contributed by atoms with Crippen LogP contribution in [0.15, 0.2) is 0 Å². The van der Waals surface area contributed by atoms with Crippen LogP contribution in [0.1, 0.15) is 46.5 Å². The lowest BCUT2D eigenvalue weighted by Gasteiger charge is -2.41. The lowest BCUT2D eigenvalue weighted by Crippen LogP contribution is -2.44. The minimum atomic E-state index is 0.325. The first-order valence-electron chi connectivity index (χ1n) is 6.10. The minimum Gasteiger partial charge on any atom is -0.327 e. The summed E-state index contributed by atoms with van der Waals surface area (Å²) in [5.41, 5.74) is 6.46. The fourth-order valence-corrected chi connectivity index (χ4v) is 2.57. The van der Waals surface area contributed by atoms with Crippen molar-refractivity contribution in [2.24, 2.45) is 11.1 Å². The quantitative estimate of drug-likeness (QED) is 0.750. The topological polar surface area (TPSA) is 29.3 Å². The van der Waals surface area contributed by atoms with Crippen LogP contribution in [0.2, 0.25) is 0 Å². The number of hydrogen-bond donors (Lipinski definition) is 1. The largest absolute Gasteiger partial charge is 0.327 e. The Morgan fingerprint density at radius 1 is 1.21 bits per heavy atom. The fourth-order valence-electron chi connectivity index (χ4n) is 2.57. The summed E-state index contributed by atoms with van der Waals surface area (Å²) in [6.07, 6.45) is 5.42. The van der Waals surface area contributed by atoms with E-state index in [4.69, 9.17) is 5.73 Å². The van der Waals surface area contributed by atoms with E-state index in [1.807, 2.05) is 0 Å². The Kier molecular flexibility index (Phi) is 4.39. The SMILES string of the molecule is CCC1(CC)CCN(C[C@H](C)N)CC1. The smallest absolute Gasteiger partial charge is 0.0139 e. The number of rotatable bonds is 4. The van der Waals surface area contributed by atoms with Crippen LogP contribution in [0.4, 0.5) is 0 Å². The van der Waals surface area contributed by atoms with Gasteiger partial charge >= 0.3 is 0 Å². The van der Waals surface area contributed by atoms with Crippen molar-refractivity contribution in [3.8, 4) is 0 Å². The van der Waals surface area contributed by atoms with Crippen LogP contribution in [0.25, 0.3) is 0 Å². The zero-order valence-electron chi connectivity index (χ0n) is 10.1. The molecule has 1 atom stereocenters. The van der Waals surface area contributed by atoms with Crippen molar-refractivity contribution in [2.75, 3.05) is 19.6 Å². The van der Waals surface area contributed by atoms with Gasteiger partial charge in [0.25, 0.3) is 0 Å². The van der Waals surface area contributed by atoms with Crippen molar-refractivity contribution >= 4 is 0 Å². The zero-order valence-corrected chi connectivity index (χ0v) is 10.1. The number of piperidine rings is 1. The maximum Gasteiger partial charge on any atom is 0.0139 e. The summed E-state index contributed by atoms with van der Waals surface area (Å²) < 4.78 is 0. The Morgan fingerprint density at radius 3 is 2.07 bits per heavy atom. The van der Waals surface area contributed by atoms with Crippen LogP contribution in [-0.2, 0) is 0 Å². The number of nitrogens with zero attached hydrogens (tertiary/aromatic N) is 1. The van der Waals surface area contributed by atoms with Crippen LogP contribution in [0.3, 0.4) is 0 Å². The molecule has 0 radical (unpaired) electrons. The molecule has 0 aromatic carbocycles. The Hall–Kier alpha value is -0.0800. The third kappa shape index (κ3) is 2.96. The first-order valence-corrected chi connectivity index (χ1v) is 6.10. The van der Waals surface area contributed by atoms with Gasteiger partial charge in [0.1, 0.15) is 0 Å². The Morgan fingerprint density at radius 2 is 1.71 bits per heavy atom. The molecule has 0 spiro atoms. The second kappa shape index (κ2) is 5.13. The third-order valence-electron chi connectivity index (χ3n) is 3.96. The molecule has 0 bridgehead atoms. The Bertz CT molecular complexity index is 152. The molecule has 0 amide bonds. The van der Waals surface area contributed by atoms with Gasteiger partial charge in [-0.1, -0.05) is 26.7 Å². The fraction of sp³-hybridized carbons (Fsp3) is 1.00. The monoisotopic (exact) mass is 198 g/mol. The molecule has 2 N–H and O–H groups in total. The highest BCUT2D eigenvalue weighted by Crippen LogP contribution is 2.37. The van der Waals surface area contributed by atoms with Crippen molar-refractivity contribution in [2.45, 2.75) is 52.5 Å². The predicted octanol–water partition coefficient (Wildman–Crippen LogP) is 2.24. The summed E-state index contributed by atoms with van der Waals surface area (Å²) in [5.74, 6) is 0. The standard InChI is InChI=1S/C12H26N2/c1-4-12(5-2)6-8-14(9-7-12)10-11(3)13/h11H,4-10,13H2,1-3H3/t11-/m0/s1. The molecule has 0 saturated carbocycles. The lowest BCUT2D eigenvalue weighted by atomic mass is 9.74. The van der Waals surface area contributed by atoms with E-state index in [0.717, 1.165) is 6.54 Å². The van der Waals surface area contributed by atoms with Crippen LogP contribution in [-0.4, -0.2) is 30.6 Å². The number of nitrogens with two attached hydrogens (primary N) is 1. The van der Waals surface area contributed by atoms with Gasteiger partial charge in [-0.3, -0.25) is 0 Å². The highest BCUT2D eigenvalue weighted by atomic mass is 15.1. The van der Waals surface area contributed by atoms with Gasteiger partial charge in [-0.25, -0.2) is 0 Å². The molecule has 14 heavy (non-hydrogen) atoms. The van der Waals surface area contributed by atoms with Gasteiger partial charge in [0.15, 0.2) is 0 Å². The van der Waals surface area contributed by atoms with E-state index < -0.39 is 0 Å². The average molecular weight is 198 g/mol. The van der Waals surface area contributed by atoms with Gasteiger partial charge in [0.05, 0.1) is 0 Å². The summed E-state index contributed by atoms with van der Waals surface area (Å²) in [5, 5.41) is 0. The molecule has 1 rings (SSSR count). The van der Waals surface area contributed by atoms with E-state index in [-0.39, 0.29) is 0 Å². The van der Waals surface area contributed by atoms with Gasteiger partial charge in [0, 0.05) is 12.6 Å². The van der Waals surface area contributed by atoms with E-state index in [1.165, 1.54) is 38.8 Å². The molecule has 2 nitrogen and oxygen atoms in total. The van der Waals surface area contributed by atoms with Gasteiger partial charge in [0.2, 0.25) is 0 Å². The van der Waals surface area contributed by atoms with Gasteiger partial charge in [-0.2, -0.15) is 0 Å². The summed E-state index contributed by atoms with van der Waals surface area (Å²) in [6, 6.07) is 0.325. The molecule has 1 heterocycles. The normalized spacial score (nSPS) is 24.9. The molecule has 0 unspecified atom stereocenters. The molecule has 1 fully saturated rings. The van der Waals surface area contributed by atoms with E-state index in [0.29, 0.717) is 11.5 Å². The zero-order chi connectivity index (χ0) is 10.6. The van der Waals surface area contributed by atoms with Crippen molar-refractivity contribution in [3.05, 3.63) is 0 Å². The van der Waals surface area contributed by atoms with E-state index >= 15 is 0 Å². The van der Waals surface area contributed by atoms with E-state index in [2.05, 4.69) is 25.7 Å². The van der Waals surface area contributed by atoms with Gasteiger partial charge in [-0.15, -0.1) is 0 Å². The average Bonchev–Trinajstić information content (AvgIpc) is 2.19. The Labute approximate surface area is 88.8 Å². The summed E-state index contributed by atoms with van der Waals surface area (Å²) in [7, 11) is 0. The number of likely N-dealkylation sites (tertiary alicyclic amines) is 1. The van der Waals surface area contributed by atoms with Crippen molar-refractivity contribution in [1.82, 2.24) is 4.90 Å². The molecule has 0 aromatic rings. The van der Waals surface area contributed by atoms with E-state index in [1.54, 1.807) is 0 Å². The predicted molar refractivity (Wildman–Crippen MR) is 62.3 cm³/mol. The molecule has 0 aromatic heterocycles. The second-order valence-corrected chi connectivity index (χ2v) is 4.98. The highest BCUT2D eigenvalue weighted by molar-refractivity contribution is 4.84. The summed E-state index contributed by atoms with van der Waals surface area (Å²) in [6.45, 7) is 10.4. The first-order chi connectivity index (χ1) is 6.62. The van der Waals surface area contributed by atoms with Crippen molar-refractivity contribution in [3.63, 3.8) is 0 Å².